The third-order valence-electron chi connectivity index (χ3n) is 5.54. The molecule has 0 unspecified atom stereocenters. The molecule has 1 saturated carbocycles. The normalized spacial score (nSPS) is 21.9. The van der Waals surface area contributed by atoms with Crippen molar-refractivity contribution < 1.29 is 14.3 Å². The molecule has 146 valence electrons. The highest BCUT2D eigenvalue weighted by Crippen LogP contribution is 2.36. The van der Waals surface area contributed by atoms with Crippen LogP contribution in [0.4, 0.5) is 4.79 Å². The maximum atomic E-state index is 13.1. The fourth-order valence-corrected chi connectivity index (χ4v) is 4.52. The molecule has 2 amide bonds. The van der Waals surface area contributed by atoms with Gasteiger partial charge in [0.25, 0.3) is 5.91 Å². The van der Waals surface area contributed by atoms with Crippen LogP contribution in [0, 0.1) is 5.92 Å². The van der Waals surface area contributed by atoms with Crippen LogP contribution in [0.25, 0.3) is 0 Å². The number of hydrogen-bond donors (Lipinski definition) is 1. The summed E-state index contributed by atoms with van der Waals surface area (Å²) in [7, 11) is 0. The van der Waals surface area contributed by atoms with Crippen LogP contribution in [0.15, 0.2) is 30.9 Å². The number of fused-ring (bicyclic) bond motifs is 1. The van der Waals surface area contributed by atoms with Gasteiger partial charge < -0.3 is 15.0 Å². The Bertz CT molecular complexity index is 705. The second kappa shape index (κ2) is 9.27. The highest BCUT2D eigenvalue weighted by atomic mass is 35.5. The number of alkyl carbamates (subject to hydrolysis) is 1. The monoisotopic (exact) mass is 390 g/mol. The summed E-state index contributed by atoms with van der Waals surface area (Å²) in [5.74, 6) is 0.668. The number of amides is 2. The molecule has 1 N–H and O–H groups in total. The van der Waals surface area contributed by atoms with E-state index in [1.807, 2.05) is 11.0 Å². The number of ether oxygens (including phenoxy) is 1. The summed E-state index contributed by atoms with van der Waals surface area (Å²) in [4.78, 5) is 26.7. The standard InChI is InChI=1S/C21H27ClN2O3/c1-2-12-27-21(26)23-14-15-9-10-17(18(22)13-15)20(25)24-11-5-7-16-6-3-4-8-19(16)24/h2,9-10,13,16,19H,1,3-8,11-12,14H2,(H,23,26)/t16-,19+/m0/s1. The van der Waals surface area contributed by atoms with Crippen molar-refractivity contribution in [1.82, 2.24) is 10.2 Å². The van der Waals surface area contributed by atoms with Gasteiger partial charge >= 0.3 is 6.09 Å². The average Bonchev–Trinajstić information content (AvgIpc) is 2.70. The summed E-state index contributed by atoms with van der Waals surface area (Å²) in [6.45, 7) is 4.76. The first-order valence-electron chi connectivity index (χ1n) is 9.71. The van der Waals surface area contributed by atoms with Crippen molar-refractivity contribution in [2.75, 3.05) is 13.2 Å². The van der Waals surface area contributed by atoms with Crippen molar-refractivity contribution >= 4 is 23.6 Å². The van der Waals surface area contributed by atoms with Crippen LogP contribution in [0.2, 0.25) is 5.02 Å². The topological polar surface area (TPSA) is 58.6 Å². The number of carbonyl (C=O) groups excluding carboxylic acids is 2. The predicted octanol–water partition coefficient (Wildman–Crippen LogP) is 4.55. The van der Waals surface area contributed by atoms with E-state index in [2.05, 4.69) is 11.9 Å². The number of nitrogens with one attached hydrogen (secondary N) is 1. The summed E-state index contributed by atoms with van der Waals surface area (Å²) in [5.41, 5.74) is 1.36. The second-order valence-electron chi connectivity index (χ2n) is 7.31. The van der Waals surface area contributed by atoms with Gasteiger partial charge in [0.1, 0.15) is 6.61 Å². The number of carbonyl (C=O) groups is 2. The minimum Gasteiger partial charge on any atom is -0.445 e. The molecule has 1 aromatic rings. The van der Waals surface area contributed by atoms with Crippen LogP contribution in [-0.4, -0.2) is 36.1 Å². The van der Waals surface area contributed by atoms with Crippen LogP contribution >= 0.6 is 11.6 Å². The minimum atomic E-state index is -0.511. The van der Waals surface area contributed by atoms with Gasteiger partial charge in [0.15, 0.2) is 0 Å². The quantitative estimate of drug-likeness (QED) is 0.750. The Morgan fingerprint density at radius 1 is 1.26 bits per heavy atom. The maximum Gasteiger partial charge on any atom is 0.407 e. The average molecular weight is 391 g/mol. The lowest BCUT2D eigenvalue weighted by atomic mass is 9.78. The van der Waals surface area contributed by atoms with Crippen molar-refractivity contribution in [1.29, 1.82) is 0 Å². The molecule has 5 nitrogen and oxygen atoms in total. The Hall–Kier alpha value is -2.01. The van der Waals surface area contributed by atoms with E-state index < -0.39 is 6.09 Å². The molecule has 1 heterocycles. The van der Waals surface area contributed by atoms with Gasteiger partial charge in [-0.25, -0.2) is 4.79 Å². The van der Waals surface area contributed by atoms with Gasteiger partial charge in [-0.05, 0) is 49.3 Å². The van der Waals surface area contributed by atoms with Crippen molar-refractivity contribution in [3.8, 4) is 0 Å². The van der Waals surface area contributed by atoms with E-state index in [9.17, 15) is 9.59 Å². The first-order valence-corrected chi connectivity index (χ1v) is 10.1. The van der Waals surface area contributed by atoms with E-state index in [0.29, 0.717) is 29.1 Å². The Balaban J connectivity index is 1.65. The van der Waals surface area contributed by atoms with Gasteiger partial charge in [-0.2, -0.15) is 0 Å². The van der Waals surface area contributed by atoms with E-state index in [1.54, 1.807) is 12.1 Å². The lowest BCUT2D eigenvalue weighted by Crippen LogP contribution is -2.49. The molecule has 0 bridgehead atoms. The molecule has 1 aromatic carbocycles. The van der Waals surface area contributed by atoms with E-state index in [0.717, 1.165) is 24.9 Å². The Kier molecular flexibility index (Phi) is 6.78. The zero-order valence-electron chi connectivity index (χ0n) is 15.6. The molecule has 2 fully saturated rings. The third kappa shape index (κ3) is 4.83. The predicted molar refractivity (Wildman–Crippen MR) is 106 cm³/mol. The molecule has 2 aliphatic rings. The zero-order chi connectivity index (χ0) is 19.2. The molecular formula is C21H27ClN2O3. The maximum absolute atomic E-state index is 13.1. The van der Waals surface area contributed by atoms with E-state index >= 15 is 0 Å². The van der Waals surface area contributed by atoms with Crippen LogP contribution < -0.4 is 5.32 Å². The Morgan fingerprint density at radius 2 is 2.04 bits per heavy atom. The smallest absolute Gasteiger partial charge is 0.407 e. The van der Waals surface area contributed by atoms with Gasteiger partial charge in [-0.3, -0.25) is 4.79 Å². The zero-order valence-corrected chi connectivity index (χ0v) is 16.3. The number of piperidine rings is 1. The summed E-state index contributed by atoms with van der Waals surface area (Å²) in [6, 6.07) is 5.69. The van der Waals surface area contributed by atoms with Gasteiger partial charge in [0, 0.05) is 19.1 Å². The highest BCUT2D eigenvalue weighted by Gasteiger charge is 2.36. The molecule has 0 aromatic heterocycles. The highest BCUT2D eigenvalue weighted by molar-refractivity contribution is 6.33. The lowest BCUT2D eigenvalue weighted by Gasteiger charge is -2.44. The minimum absolute atomic E-state index is 0.0292. The molecule has 1 aliphatic heterocycles. The first-order chi connectivity index (χ1) is 13.1. The largest absolute Gasteiger partial charge is 0.445 e. The molecule has 2 atom stereocenters. The van der Waals surface area contributed by atoms with Gasteiger partial charge in [0.2, 0.25) is 0 Å². The molecule has 0 spiro atoms. The SMILES string of the molecule is C=CCOC(=O)NCc1ccc(C(=O)N2CCC[C@@H]3CCCC[C@H]32)c(Cl)c1. The number of halogens is 1. The van der Waals surface area contributed by atoms with Crippen molar-refractivity contribution in [3.05, 3.63) is 47.0 Å². The van der Waals surface area contributed by atoms with Crippen molar-refractivity contribution in [2.24, 2.45) is 5.92 Å². The summed E-state index contributed by atoms with van der Waals surface area (Å²) < 4.78 is 4.87. The van der Waals surface area contributed by atoms with Crippen LogP contribution in [-0.2, 0) is 11.3 Å². The summed E-state index contributed by atoms with van der Waals surface area (Å²) in [6.07, 6.45) is 8.11. The fraction of sp³-hybridized carbons (Fsp3) is 0.524. The van der Waals surface area contributed by atoms with E-state index in [1.165, 1.54) is 31.8 Å². The summed E-state index contributed by atoms with van der Waals surface area (Å²) in [5, 5.41) is 3.07. The number of hydrogen-bond acceptors (Lipinski definition) is 3. The van der Waals surface area contributed by atoms with Crippen LogP contribution in [0.3, 0.4) is 0 Å². The van der Waals surface area contributed by atoms with Gasteiger partial charge in [-0.1, -0.05) is 43.2 Å². The number of nitrogens with zero attached hydrogens (tertiary/aromatic N) is 1. The lowest BCUT2D eigenvalue weighted by molar-refractivity contribution is 0.0391. The van der Waals surface area contributed by atoms with E-state index in [4.69, 9.17) is 16.3 Å². The van der Waals surface area contributed by atoms with Crippen LogP contribution in [0.5, 0.6) is 0 Å². The Morgan fingerprint density at radius 3 is 2.81 bits per heavy atom. The fourth-order valence-electron chi connectivity index (χ4n) is 4.23. The van der Waals surface area contributed by atoms with Crippen LogP contribution in [0.1, 0.15) is 54.4 Å². The Labute approximate surface area is 165 Å². The second-order valence-corrected chi connectivity index (χ2v) is 7.71. The van der Waals surface area contributed by atoms with Crippen molar-refractivity contribution in [2.45, 2.75) is 51.1 Å². The number of rotatable bonds is 5. The molecular weight excluding hydrogens is 364 g/mol. The van der Waals surface area contributed by atoms with E-state index in [-0.39, 0.29) is 12.5 Å². The molecule has 1 saturated heterocycles. The number of likely N-dealkylation sites (tertiary alicyclic amines) is 1. The van der Waals surface area contributed by atoms with Crippen molar-refractivity contribution in [3.63, 3.8) is 0 Å². The van der Waals surface area contributed by atoms with Gasteiger partial charge in [-0.15, -0.1) is 0 Å². The molecule has 6 heteroatoms. The summed E-state index contributed by atoms with van der Waals surface area (Å²) >= 11 is 6.41. The number of benzene rings is 1. The molecule has 1 aliphatic carbocycles. The molecule has 0 radical (unpaired) electrons. The van der Waals surface area contributed by atoms with Gasteiger partial charge in [0.05, 0.1) is 10.6 Å². The molecule has 3 rings (SSSR count). The molecule has 27 heavy (non-hydrogen) atoms. The first kappa shape index (κ1) is 19.7. The third-order valence-corrected chi connectivity index (χ3v) is 5.85.